The summed E-state index contributed by atoms with van der Waals surface area (Å²) < 4.78 is 7.49. The van der Waals surface area contributed by atoms with E-state index in [1.807, 2.05) is 72.9 Å². The summed E-state index contributed by atoms with van der Waals surface area (Å²) in [5.74, 6) is 0.286. The van der Waals surface area contributed by atoms with Crippen molar-refractivity contribution in [2.45, 2.75) is 6.54 Å². The molecular weight excluding hydrogens is 388 g/mol. The summed E-state index contributed by atoms with van der Waals surface area (Å²) in [6, 6.07) is 26.9. The van der Waals surface area contributed by atoms with Crippen molar-refractivity contribution in [2.24, 2.45) is 5.10 Å². The van der Waals surface area contributed by atoms with Gasteiger partial charge >= 0.3 is 0 Å². The van der Waals surface area contributed by atoms with Gasteiger partial charge in [-0.3, -0.25) is 4.79 Å². The third-order valence-corrected chi connectivity index (χ3v) is 4.80. The number of rotatable bonds is 7. The fourth-order valence-electron chi connectivity index (χ4n) is 3.33. The lowest BCUT2D eigenvalue weighted by Gasteiger charge is -2.07. The van der Waals surface area contributed by atoms with Gasteiger partial charge in [0.2, 0.25) is 0 Å². The summed E-state index contributed by atoms with van der Waals surface area (Å²) in [5.41, 5.74) is 5.99. The lowest BCUT2D eigenvalue weighted by Crippen LogP contribution is -2.24. The van der Waals surface area contributed by atoms with Gasteiger partial charge in [-0.15, -0.1) is 0 Å². The zero-order chi connectivity index (χ0) is 21.5. The molecule has 1 N–H and O–H groups in total. The Balaban J connectivity index is 1.48. The maximum atomic E-state index is 12.0. The van der Waals surface area contributed by atoms with E-state index in [1.54, 1.807) is 18.3 Å². The molecule has 152 valence electrons. The number of benzene rings is 3. The molecule has 0 bridgehead atoms. The largest absolute Gasteiger partial charge is 0.484 e. The first-order valence-corrected chi connectivity index (χ1v) is 9.80. The van der Waals surface area contributed by atoms with E-state index >= 15 is 0 Å². The molecule has 1 amide bonds. The molecule has 0 unspecified atom stereocenters. The molecule has 0 radical (unpaired) electrons. The normalized spacial score (nSPS) is 10.8. The van der Waals surface area contributed by atoms with E-state index in [2.05, 4.69) is 21.2 Å². The monoisotopic (exact) mass is 408 g/mol. The Labute approximate surface area is 180 Å². The average molecular weight is 408 g/mol. The van der Waals surface area contributed by atoms with Crippen LogP contribution in [-0.4, -0.2) is 23.3 Å². The molecule has 0 aliphatic rings. The number of aromatic nitrogens is 1. The molecule has 0 spiro atoms. The first-order chi connectivity index (χ1) is 15.2. The summed E-state index contributed by atoms with van der Waals surface area (Å²) in [7, 11) is 0. The molecule has 0 saturated carbocycles. The zero-order valence-corrected chi connectivity index (χ0v) is 16.7. The quantitative estimate of drug-likeness (QED) is 0.369. The molecule has 0 aliphatic carbocycles. The average Bonchev–Trinajstić information content (AvgIpc) is 3.16. The Hall–Kier alpha value is -4.37. The van der Waals surface area contributed by atoms with Crippen LogP contribution < -0.4 is 10.2 Å². The van der Waals surface area contributed by atoms with Crippen molar-refractivity contribution >= 4 is 23.0 Å². The summed E-state index contributed by atoms with van der Waals surface area (Å²) >= 11 is 0. The van der Waals surface area contributed by atoms with Crippen LogP contribution in [0.25, 0.3) is 10.9 Å². The maximum Gasteiger partial charge on any atom is 0.277 e. The van der Waals surface area contributed by atoms with Crippen LogP contribution in [0.2, 0.25) is 0 Å². The second-order valence-electron chi connectivity index (χ2n) is 6.89. The molecule has 6 nitrogen and oxygen atoms in total. The molecule has 6 heteroatoms. The number of amides is 1. The highest BCUT2D eigenvalue weighted by atomic mass is 16.5. The van der Waals surface area contributed by atoms with E-state index in [9.17, 15) is 10.1 Å². The molecule has 0 aliphatic heterocycles. The maximum absolute atomic E-state index is 12.0. The summed E-state index contributed by atoms with van der Waals surface area (Å²) in [5, 5.41) is 14.5. The second-order valence-corrected chi connectivity index (χ2v) is 6.89. The summed E-state index contributed by atoms with van der Waals surface area (Å²) in [6.45, 7) is 0.448. The minimum atomic E-state index is -0.341. The van der Waals surface area contributed by atoms with Gasteiger partial charge in [0.1, 0.15) is 5.75 Å². The van der Waals surface area contributed by atoms with Gasteiger partial charge in [0.25, 0.3) is 5.91 Å². The van der Waals surface area contributed by atoms with Crippen LogP contribution in [0.15, 0.2) is 90.2 Å². The molecule has 4 aromatic rings. The van der Waals surface area contributed by atoms with Gasteiger partial charge in [0.05, 0.1) is 17.8 Å². The third-order valence-electron chi connectivity index (χ3n) is 4.80. The van der Waals surface area contributed by atoms with Crippen LogP contribution in [0.1, 0.15) is 16.7 Å². The van der Waals surface area contributed by atoms with Crippen molar-refractivity contribution in [3.8, 4) is 11.8 Å². The van der Waals surface area contributed by atoms with E-state index in [0.717, 1.165) is 22.0 Å². The highest BCUT2D eigenvalue weighted by Crippen LogP contribution is 2.22. The number of nitriles is 1. The van der Waals surface area contributed by atoms with E-state index in [-0.39, 0.29) is 12.5 Å². The number of carbonyl (C=O) groups is 1. The van der Waals surface area contributed by atoms with Gasteiger partial charge in [-0.2, -0.15) is 10.4 Å². The second kappa shape index (κ2) is 9.42. The lowest BCUT2D eigenvalue weighted by atomic mass is 10.1. The van der Waals surface area contributed by atoms with Gasteiger partial charge in [-0.25, -0.2) is 5.43 Å². The molecule has 31 heavy (non-hydrogen) atoms. The predicted octanol–water partition coefficient (Wildman–Crippen LogP) is 4.09. The fraction of sp³-hybridized carbons (Fsp3) is 0.0800. The van der Waals surface area contributed by atoms with E-state index in [4.69, 9.17) is 4.74 Å². The van der Waals surface area contributed by atoms with Crippen LogP contribution in [0.5, 0.6) is 5.75 Å². The van der Waals surface area contributed by atoms with Crippen molar-refractivity contribution in [3.05, 3.63) is 102 Å². The fourth-order valence-corrected chi connectivity index (χ4v) is 3.33. The van der Waals surface area contributed by atoms with Crippen LogP contribution in [0, 0.1) is 11.3 Å². The Kier molecular flexibility index (Phi) is 6.05. The number of nitrogens with zero attached hydrogens (tertiary/aromatic N) is 3. The van der Waals surface area contributed by atoms with Crippen molar-refractivity contribution in [3.63, 3.8) is 0 Å². The number of ether oxygens (including phenoxy) is 1. The Morgan fingerprint density at radius 3 is 2.61 bits per heavy atom. The third kappa shape index (κ3) is 4.80. The highest BCUT2D eigenvalue weighted by molar-refractivity contribution is 5.99. The molecule has 0 saturated heterocycles. The summed E-state index contributed by atoms with van der Waals surface area (Å²) in [6.07, 6.45) is 3.59. The molecule has 4 rings (SSSR count). The van der Waals surface area contributed by atoms with Crippen LogP contribution >= 0.6 is 0 Å². The number of para-hydroxylation sites is 2. The smallest absolute Gasteiger partial charge is 0.277 e. The Morgan fingerprint density at radius 1 is 1.03 bits per heavy atom. The van der Waals surface area contributed by atoms with Gasteiger partial charge in [0, 0.05) is 29.2 Å². The van der Waals surface area contributed by atoms with Crippen LogP contribution in [-0.2, 0) is 11.3 Å². The van der Waals surface area contributed by atoms with E-state index in [1.165, 1.54) is 0 Å². The molecular formula is C25H20N4O2. The van der Waals surface area contributed by atoms with Crippen molar-refractivity contribution < 1.29 is 9.53 Å². The van der Waals surface area contributed by atoms with E-state index < -0.39 is 0 Å². The number of fused-ring (bicyclic) bond motifs is 1. The minimum Gasteiger partial charge on any atom is -0.484 e. The van der Waals surface area contributed by atoms with Gasteiger partial charge < -0.3 is 9.30 Å². The number of hydrazone groups is 1. The van der Waals surface area contributed by atoms with Gasteiger partial charge in [0.15, 0.2) is 6.61 Å². The van der Waals surface area contributed by atoms with Crippen LogP contribution in [0.3, 0.4) is 0 Å². The number of hydrogen-bond acceptors (Lipinski definition) is 4. The topological polar surface area (TPSA) is 79.4 Å². The number of nitrogens with one attached hydrogen (secondary N) is 1. The first kappa shape index (κ1) is 19.9. The first-order valence-electron chi connectivity index (χ1n) is 9.80. The van der Waals surface area contributed by atoms with Gasteiger partial charge in [-0.05, 0) is 29.8 Å². The molecule has 1 aromatic heterocycles. The number of hydrogen-bond donors (Lipinski definition) is 1. The summed E-state index contributed by atoms with van der Waals surface area (Å²) in [4.78, 5) is 12.0. The molecule has 0 atom stereocenters. The molecule has 3 aromatic carbocycles. The standard InChI is InChI=1S/C25H20N4O2/c26-14-19-8-4-5-9-20(19)16-29-17-21(23-12-6-7-13-24(23)29)15-27-28-25(30)18-31-22-10-2-1-3-11-22/h1-13,15,17H,16,18H2,(H,28,30)/b27-15-. The van der Waals surface area contributed by atoms with E-state index in [0.29, 0.717) is 17.9 Å². The lowest BCUT2D eigenvalue weighted by molar-refractivity contribution is -0.123. The zero-order valence-electron chi connectivity index (χ0n) is 16.7. The molecule has 1 heterocycles. The Bertz CT molecular complexity index is 1270. The van der Waals surface area contributed by atoms with Crippen LogP contribution in [0.4, 0.5) is 0 Å². The Morgan fingerprint density at radius 2 is 1.77 bits per heavy atom. The van der Waals surface area contributed by atoms with Gasteiger partial charge in [-0.1, -0.05) is 54.6 Å². The van der Waals surface area contributed by atoms with Crippen molar-refractivity contribution in [1.29, 1.82) is 5.26 Å². The van der Waals surface area contributed by atoms with Crippen molar-refractivity contribution in [2.75, 3.05) is 6.61 Å². The highest BCUT2D eigenvalue weighted by Gasteiger charge is 2.09. The molecule has 0 fully saturated rings. The SMILES string of the molecule is N#Cc1ccccc1Cn1cc(/C=N\NC(=O)COc2ccccc2)c2ccccc21. The predicted molar refractivity (Wildman–Crippen MR) is 120 cm³/mol. The number of carbonyl (C=O) groups excluding carboxylic acids is 1. The van der Waals surface area contributed by atoms with Crippen molar-refractivity contribution in [1.82, 2.24) is 9.99 Å². The minimum absolute atomic E-state index is 0.117.